The molecule has 0 aliphatic carbocycles. The predicted octanol–water partition coefficient (Wildman–Crippen LogP) is 12.1. The Balaban J connectivity index is 0.000000196. The van der Waals surface area contributed by atoms with Crippen LogP contribution in [-0.4, -0.2) is 0 Å². The van der Waals surface area contributed by atoms with Crippen LogP contribution in [0.4, 0.5) is 0 Å². The fourth-order valence-electron chi connectivity index (χ4n) is 6.80. The summed E-state index contributed by atoms with van der Waals surface area (Å²) in [5.74, 6) is 0. The maximum absolute atomic E-state index is 7.50. The maximum Gasteiger partial charge on any atom is 0 e. The monoisotopic (exact) mass is 1010 g/mol. The Labute approximate surface area is 381 Å². The van der Waals surface area contributed by atoms with Crippen LogP contribution in [0.15, 0.2) is 249 Å². The van der Waals surface area contributed by atoms with Crippen LogP contribution < -0.4 is 31.8 Å². The van der Waals surface area contributed by atoms with Crippen molar-refractivity contribution < 1.29 is 24.8 Å². The van der Waals surface area contributed by atoms with E-state index >= 15 is 0 Å². The first-order chi connectivity index (χ1) is 29.6. The number of hydrogen-bond acceptors (Lipinski definition) is 0. The molecule has 0 bridgehead atoms. The summed E-state index contributed by atoms with van der Waals surface area (Å²) < 4.78 is 7.50. The first-order valence-electron chi connectivity index (χ1n) is 20.4. The zero-order chi connectivity index (χ0) is 42.1. The molecule has 8 aromatic rings. The second-order valence-electron chi connectivity index (χ2n) is 14.5. The van der Waals surface area contributed by atoms with Gasteiger partial charge in [-0.25, -0.2) is 0 Å². The van der Waals surface area contributed by atoms with E-state index < -0.39 is 15.8 Å². The van der Waals surface area contributed by atoms with E-state index in [1.807, 2.05) is 6.08 Å². The molecule has 8 rings (SSSR count). The minimum absolute atomic E-state index is 0. The third-order valence-electron chi connectivity index (χ3n) is 10.1. The van der Waals surface area contributed by atoms with Crippen LogP contribution in [0, 0.1) is 18.6 Å². The second-order valence-corrected chi connectivity index (χ2v) is 18.9. The van der Waals surface area contributed by atoms with Gasteiger partial charge in [-0.05, 0) is 89.9 Å². The van der Waals surface area contributed by atoms with Gasteiger partial charge in [-0.15, -0.1) is 0 Å². The van der Waals surface area contributed by atoms with Gasteiger partial charge < -0.3 is 6.58 Å². The van der Waals surface area contributed by atoms with Gasteiger partial charge >= 0.3 is 11.3 Å². The Morgan fingerprint density at radius 3 is 0.738 bits per heavy atom. The molecule has 0 aliphatic heterocycles. The van der Waals surface area contributed by atoms with Gasteiger partial charge in [0.2, 0.25) is 0 Å². The van der Waals surface area contributed by atoms with Gasteiger partial charge in [0.15, 0.2) is 0 Å². The third-order valence-corrected chi connectivity index (χ3v) is 15.0. The van der Waals surface area contributed by atoms with Gasteiger partial charge in [0.1, 0.15) is 0 Å². The van der Waals surface area contributed by atoms with Gasteiger partial charge in [0.05, 0.1) is 0 Å². The van der Waals surface area contributed by atoms with Gasteiger partial charge in [0, 0.05) is 20.1 Å². The molecule has 8 aromatic carbocycles. The van der Waals surface area contributed by atoms with Crippen molar-refractivity contribution in [2.24, 2.45) is 5.41 Å². The molecule has 0 amide bonds. The molecule has 0 spiro atoms. The minimum atomic E-state index is -0.446. The van der Waals surface area contributed by atoms with E-state index in [-0.39, 0.29) is 25.5 Å². The van der Waals surface area contributed by atoms with Crippen LogP contribution in [0.3, 0.4) is 0 Å². The predicted molar refractivity (Wildman–Crippen MR) is 261 cm³/mol. The van der Waals surface area contributed by atoms with Crippen LogP contribution in [0.25, 0.3) is 0 Å². The summed E-state index contributed by atoms with van der Waals surface area (Å²) in [5, 5.41) is 8.39. The summed E-state index contributed by atoms with van der Waals surface area (Å²) in [4.78, 5) is 0. The Morgan fingerprint density at radius 1 is 0.377 bits per heavy atom. The average molecular weight is 1010 g/mol. The molecule has 0 saturated carbocycles. The first-order valence-corrected chi connectivity index (χ1v) is 23.1. The topological polar surface area (TPSA) is 19.9 Å². The van der Waals surface area contributed by atoms with Gasteiger partial charge in [-0.2, -0.15) is 0 Å². The summed E-state index contributed by atoms with van der Waals surface area (Å²) in [5.41, 5.74) is 2.88. The molecule has 0 saturated heterocycles. The van der Waals surface area contributed by atoms with Crippen molar-refractivity contribution in [2.75, 3.05) is 0 Å². The van der Waals surface area contributed by atoms with E-state index in [0.717, 1.165) is 25.7 Å². The Morgan fingerprint density at radius 2 is 0.557 bits per heavy atom. The molecular weight excluding hydrogens is 955 g/mol. The summed E-state index contributed by atoms with van der Waals surface area (Å²) in [6, 6.07) is 85.9. The first kappa shape index (κ1) is 48.4. The third kappa shape index (κ3) is 15.9. The van der Waals surface area contributed by atoms with Crippen LogP contribution in [0.2, 0.25) is 0 Å². The Kier molecular flexibility index (Phi) is 21.9. The zero-order valence-electron chi connectivity index (χ0n) is 34.7. The van der Waals surface area contributed by atoms with E-state index in [9.17, 15) is 0 Å². The van der Waals surface area contributed by atoms with Gasteiger partial charge in [-0.3, -0.25) is 6.08 Å². The van der Waals surface area contributed by atoms with E-state index in [2.05, 4.69) is 256 Å². The van der Waals surface area contributed by atoms with Gasteiger partial charge in [-0.1, -0.05) is 250 Å². The molecule has 1 nitrogen and oxygen atoms in total. The molecule has 4 heteroatoms. The van der Waals surface area contributed by atoms with Crippen LogP contribution in [0.5, 0.6) is 0 Å². The van der Waals surface area contributed by atoms with E-state index in [0.29, 0.717) is 0 Å². The summed E-state index contributed by atoms with van der Waals surface area (Å²) >= 11 is 0. The summed E-state index contributed by atoms with van der Waals surface area (Å²) in [6.45, 7) is 12.7. The van der Waals surface area contributed by atoms with Crippen LogP contribution in [0.1, 0.15) is 30.9 Å². The Bertz CT molecular complexity index is 1990. The molecule has 0 fully saturated rings. The normalized spacial score (nSPS) is 10.3. The van der Waals surface area contributed by atoms with Crippen molar-refractivity contribution in [1.29, 1.82) is 0 Å². The molecule has 0 aromatic heterocycles. The average Bonchev–Trinajstić information content (AvgIpc) is 3.34. The van der Waals surface area contributed by atoms with Crippen LogP contribution in [-0.2, 0) is 37.6 Å². The quantitative estimate of drug-likeness (QED) is 0.0623. The van der Waals surface area contributed by atoms with Crippen LogP contribution >= 0.6 is 15.8 Å². The fourth-order valence-corrected chi connectivity index (χ4v) is 11.4. The largest absolute Gasteiger partial charge is 0.517 e. The Hall–Kier alpha value is -5.25. The number of rotatable bonds is 13. The van der Waals surface area contributed by atoms with Crippen molar-refractivity contribution in [1.82, 2.24) is 0 Å². The molecule has 0 unspecified atom stereocenters. The van der Waals surface area contributed by atoms with E-state index in [4.69, 9.17) is 11.2 Å². The van der Waals surface area contributed by atoms with Crippen molar-refractivity contribution in [3.05, 3.63) is 273 Å². The van der Waals surface area contributed by atoms with Crippen molar-refractivity contribution in [2.45, 2.75) is 32.6 Å². The molecular formula is C57H53IrOP2-. The van der Waals surface area contributed by atoms with Crippen molar-refractivity contribution >= 4 is 47.7 Å². The molecule has 1 radical (unpaired) electrons. The fraction of sp³-hybridized carbons (Fsp3) is 0.105. The number of hydrogen-bond donors (Lipinski definition) is 0. The summed E-state index contributed by atoms with van der Waals surface area (Å²) in [7, 11) is -0.892. The number of benzene rings is 8. The van der Waals surface area contributed by atoms with Crippen molar-refractivity contribution in [3.63, 3.8) is 0 Å². The van der Waals surface area contributed by atoms with Gasteiger partial charge in [0.25, 0.3) is 0 Å². The number of allylic oxidation sites excluding steroid dienone is 1. The standard InChI is InChI=1S/C20H23.2C18H15P.CO.Ir/c1-3-20(2,16-14-18-10-6-4-7-11-18)17-15-19-12-8-5-9-13-19;2*1-4-10-16(11-5-1)19(17-12-6-2-7-13-17)18-14-8-3-9-15-18;1-2;/h1,3-13H,14-17H2,2H3;2*1-15H;;/q-1;;;;. The molecule has 307 valence electrons. The zero-order valence-corrected chi connectivity index (χ0v) is 38.9. The molecule has 61 heavy (non-hydrogen) atoms. The number of aryl methyl sites for hydroxylation is 2. The maximum atomic E-state index is 7.50. The molecule has 0 atom stereocenters. The van der Waals surface area contributed by atoms with E-state index in [1.165, 1.54) is 43.0 Å². The van der Waals surface area contributed by atoms with E-state index in [1.54, 1.807) is 0 Å². The molecule has 0 N–H and O–H groups in total. The molecule has 0 heterocycles. The van der Waals surface area contributed by atoms with Crippen molar-refractivity contribution in [3.8, 4) is 0 Å². The minimum Gasteiger partial charge on any atom is -0.517 e. The smallest absolute Gasteiger partial charge is 0 e. The SMILES string of the molecule is [C-]#[O+].[CH-]=CC(C)(CCc1ccccc1)CCc1ccccc1.[Ir].c1ccc(P(c2ccccc2)c2ccccc2)cc1.c1ccc(P(c2ccccc2)c2ccccc2)cc1. The summed E-state index contributed by atoms with van der Waals surface area (Å²) in [6.07, 6.45) is 6.25. The molecule has 0 aliphatic rings. The second kappa shape index (κ2) is 27.6.